The number of carboxylic acid groups (broad SMARTS) is 1. The summed E-state index contributed by atoms with van der Waals surface area (Å²) >= 11 is 0. The van der Waals surface area contributed by atoms with Crippen molar-refractivity contribution in [2.24, 2.45) is 14.7 Å². The summed E-state index contributed by atoms with van der Waals surface area (Å²) < 4.78 is 5.63. The van der Waals surface area contributed by atoms with Crippen molar-refractivity contribution in [2.45, 2.75) is 0 Å². The summed E-state index contributed by atoms with van der Waals surface area (Å²) in [5, 5.41) is 18.6. The molecule has 0 rings (SSSR count). The smallest absolute Gasteiger partial charge is 0.318 e. The lowest BCUT2D eigenvalue weighted by atomic mass is 10.7. The first-order valence-electron chi connectivity index (χ1n) is 2.31. The zero-order chi connectivity index (χ0) is 8.20. The minimum Gasteiger partial charge on any atom is -0.480 e. The van der Waals surface area contributed by atoms with Crippen LogP contribution in [-0.4, -0.2) is 24.3 Å². The molecule has 60 valence electrons. The molecule has 0 saturated heterocycles. The van der Waals surface area contributed by atoms with Crippen molar-refractivity contribution in [1.29, 1.82) is 0 Å². The third-order valence-electron chi connectivity index (χ3n) is 0.668. The number of hydrogen-bond donors (Lipinski definition) is 4. The fraction of sp³-hybridized carbons (Fsp3) is 0.333. The topological polar surface area (TPSA) is 114 Å². The van der Waals surface area contributed by atoms with E-state index in [1.54, 1.807) is 0 Å². The molecule has 7 heteroatoms. The molecule has 6 N–H and O–H groups in total. The predicted molar refractivity (Wildman–Crippen MR) is 41.2 cm³/mol. The van der Waals surface area contributed by atoms with Gasteiger partial charge in [0, 0.05) is 17.5 Å². The summed E-state index contributed by atoms with van der Waals surface area (Å²) in [4.78, 5) is 9.94. The number of nitrogens with two attached hydrogens (primary N) is 2. The van der Waals surface area contributed by atoms with Gasteiger partial charge in [0.05, 0.1) is 0 Å². The van der Waals surface area contributed by atoms with Gasteiger partial charge in [0.15, 0.2) is 0 Å². The molecule has 10 heavy (non-hydrogen) atoms. The molecule has 0 bridgehead atoms. The Hall–Kier alpha value is -0.630. The number of aliphatic carboxylic acids is 1. The van der Waals surface area contributed by atoms with Crippen LogP contribution in [0.1, 0.15) is 0 Å². The van der Waals surface area contributed by atoms with E-state index in [2.05, 4.69) is 15.8 Å². The average molecular weight is 166 g/mol. The molecular weight excluding hydrogens is 156 g/mol. The number of rotatable bonds is 4. The molecule has 0 spiro atoms. The first-order chi connectivity index (χ1) is 4.48. The lowest BCUT2D eigenvalue weighted by molar-refractivity contribution is -0.135. The minimum atomic E-state index is -2.33. The molecule has 0 aliphatic rings. The largest absolute Gasteiger partial charge is 0.480 e. The van der Waals surface area contributed by atoms with Gasteiger partial charge in [-0.25, -0.2) is 9.12 Å². The van der Waals surface area contributed by atoms with Crippen molar-refractivity contribution < 1.29 is 9.90 Å². The third kappa shape index (κ3) is 4.27. The van der Waals surface area contributed by atoms with E-state index in [0.717, 1.165) is 0 Å². The van der Waals surface area contributed by atoms with Gasteiger partial charge in [-0.05, 0) is 0 Å². The van der Waals surface area contributed by atoms with E-state index in [-0.39, 0.29) is 6.54 Å². The second-order valence-electron chi connectivity index (χ2n) is 1.52. The van der Waals surface area contributed by atoms with Gasteiger partial charge in [0.1, 0.15) is 6.54 Å². The van der Waals surface area contributed by atoms with E-state index in [9.17, 15) is 4.79 Å². The Labute approximate surface area is 60.2 Å². The highest BCUT2D eigenvalue weighted by Crippen LogP contribution is 2.23. The van der Waals surface area contributed by atoms with Crippen molar-refractivity contribution in [3.8, 4) is 0 Å². The standard InChI is InChI=1S/C3H10N4O2S/c1-6-10(4,5)7-2-3(8)9/h7H,1-2,4-5H2,(H,8,9). The summed E-state index contributed by atoms with van der Waals surface area (Å²) in [6.45, 7) is 2.79. The van der Waals surface area contributed by atoms with Crippen molar-refractivity contribution in [2.75, 3.05) is 6.54 Å². The SMILES string of the molecule is C=NS(N)(N)NCC(=O)O. The molecule has 0 radical (unpaired) electrons. The van der Waals surface area contributed by atoms with E-state index in [1.807, 2.05) is 0 Å². The Morgan fingerprint density at radius 3 is 2.60 bits per heavy atom. The highest BCUT2D eigenvalue weighted by molar-refractivity contribution is 8.27. The van der Waals surface area contributed by atoms with E-state index in [0.29, 0.717) is 0 Å². The van der Waals surface area contributed by atoms with Crippen LogP contribution in [0.3, 0.4) is 0 Å². The van der Waals surface area contributed by atoms with Gasteiger partial charge in [-0.1, -0.05) is 0 Å². The monoisotopic (exact) mass is 166 g/mol. The maximum absolute atomic E-state index is 9.94. The van der Waals surface area contributed by atoms with Crippen LogP contribution in [-0.2, 0) is 4.79 Å². The summed E-state index contributed by atoms with van der Waals surface area (Å²) in [7, 11) is -2.33. The number of nitrogens with zero attached hydrogens (tertiary/aromatic N) is 1. The molecule has 0 aromatic rings. The van der Waals surface area contributed by atoms with Gasteiger partial charge in [-0.15, -0.1) is 0 Å². The number of nitrogens with one attached hydrogen (secondary N) is 1. The van der Waals surface area contributed by atoms with Crippen LogP contribution in [0.25, 0.3) is 0 Å². The number of carboxylic acids is 1. The Balaban J connectivity index is 3.67. The molecule has 0 heterocycles. The normalized spacial score (nSPS) is 12.6. The van der Waals surface area contributed by atoms with Gasteiger partial charge in [0.25, 0.3) is 0 Å². The molecule has 0 unspecified atom stereocenters. The second kappa shape index (κ2) is 3.52. The molecule has 0 aliphatic carbocycles. The molecule has 0 fully saturated rings. The van der Waals surface area contributed by atoms with Gasteiger partial charge >= 0.3 is 5.97 Å². The quantitative estimate of drug-likeness (QED) is 0.389. The van der Waals surface area contributed by atoms with Crippen LogP contribution in [0.5, 0.6) is 0 Å². The molecule has 0 amide bonds. The zero-order valence-corrected chi connectivity index (χ0v) is 6.10. The van der Waals surface area contributed by atoms with Crippen LogP contribution in [0.4, 0.5) is 0 Å². The summed E-state index contributed by atoms with van der Waals surface area (Å²) in [5.41, 5.74) is 0. The van der Waals surface area contributed by atoms with Crippen LogP contribution in [0.15, 0.2) is 4.40 Å². The van der Waals surface area contributed by atoms with Gasteiger partial charge in [0.2, 0.25) is 0 Å². The highest BCUT2D eigenvalue weighted by atomic mass is 32.3. The molecule has 0 aliphatic heterocycles. The van der Waals surface area contributed by atoms with Crippen molar-refractivity contribution in [3.05, 3.63) is 0 Å². The lowest BCUT2D eigenvalue weighted by Gasteiger charge is -2.24. The molecule has 0 aromatic heterocycles. The predicted octanol–water partition coefficient (Wildman–Crippen LogP) is -1.26. The first-order valence-corrected chi connectivity index (χ1v) is 4.03. The fourth-order valence-electron chi connectivity index (χ4n) is 0.223. The summed E-state index contributed by atoms with van der Waals surface area (Å²) in [6.07, 6.45) is 0. The number of carbonyl (C=O) groups is 1. The Bertz CT molecular complexity index is 147. The van der Waals surface area contributed by atoms with Gasteiger partial charge < -0.3 is 5.11 Å². The fourth-order valence-corrected chi connectivity index (χ4v) is 0.669. The maximum Gasteiger partial charge on any atom is 0.318 e. The van der Waals surface area contributed by atoms with E-state index >= 15 is 0 Å². The van der Waals surface area contributed by atoms with Crippen molar-refractivity contribution in [1.82, 2.24) is 4.72 Å². The Morgan fingerprint density at radius 2 is 2.30 bits per heavy atom. The van der Waals surface area contributed by atoms with E-state index in [1.165, 1.54) is 0 Å². The second-order valence-corrected chi connectivity index (χ2v) is 3.41. The molecule has 0 saturated carbocycles. The Kier molecular flexibility index (Phi) is 3.30. The highest BCUT2D eigenvalue weighted by Gasteiger charge is 2.08. The molecular formula is C3H10N4O2S. The molecule has 0 atom stereocenters. The third-order valence-corrected chi connectivity index (χ3v) is 1.70. The van der Waals surface area contributed by atoms with E-state index in [4.69, 9.17) is 15.4 Å². The van der Waals surface area contributed by atoms with Crippen molar-refractivity contribution >= 4 is 23.5 Å². The van der Waals surface area contributed by atoms with Crippen LogP contribution in [0, 0.1) is 0 Å². The zero-order valence-electron chi connectivity index (χ0n) is 5.28. The van der Waals surface area contributed by atoms with Crippen molar-refractivity contribution in [3.63, 3.8) is 0 Å². The summed E-state index contributed by atoms with van der Waals surface area (Å²) in [6, 6.07) is 0. The van der Waals surface area contributed by atoms with Gasteiger partial charge in [-0.2, -0.15) is 0 Å². The maximum atomic E-state index is 9.94. The summed E-state index contributed by atoms with van der Waals surface area (Å²) in [5.74, 6) is -1.03. The van der Waals surface area contributed by atoms with Gasteiger partial charge in [-0.3, -0.25) is 15.1 Å². The lowest BCUT2D eigenvalue weighted by Crippen LogP contribution is -2.35. The molecule has 0 aromatic carbocycles. The average Bonchev–Trinajstić information content (AvgIpc) is 1.85. The number of hydrogen-bond acceptors (Lipinski definition) is 5. The Morgan fingerprint density at radius 1 is 1.80 bits per heavy atom. The van der Waals surface area contributed by atoms with E-state index < -0.39 is 16.7 Å². The van der Waals surface area contributed by atoms with Crippen LogP contribution >= 0.6 is 10.8 Å². The molecule has 6 nitrogen and oxygen atoms in total. The van der Waals surface area contributed by atoms with Crippen LogP contribution < -0.4 is 15.0 Å². The first kappa shape index (κ1) is 9.37. The minimum absolute atomic E-state index is 0.304. The van der Waals surface area contributed by atoms with Crippen LogP contribution in [0.2, 0.25) is 0 Å².